The van der Waals surface area contributed by atoms with Crippen molar-refractivity contribution in [3.05, 3.63) is 35.4 Å². The van der Waals surface area contributed by atoms with E-state index >= 15 is 0 Å². The third kappa shape index (κ3) is 2.18. The van der Waals surface area contributed by atoms with Gasteiger partial charge >= 0.3 is 5.97 Å². The van der Waals surface area contributed by atoms with E-state index < -0.39 is 11.4 Å². The lowest BCUT2D eigenvalue weighted by molar-refractivity contribution is 0.0245. The van der Waals surface area contributed by atoms with Crippen molar-refractivity contribution in [2.45, 2.75) is 18.3 Å². The molecule has 0 bridgehead atoms. The molecule has 0 atom stereocenters. The molecule has 2 N–H and O–H groups in total. The lowest BCUT2D eigenvalue weighted by Gasteiger charge is -2.36. The third-order valence-electron chi connectivity index (χ3n) is 3.48. The molecule has 17 heavy (non-hydrogen) atoms. The fourth-order valence-corrected chi connectivity index (χ4v) is 2.41. The Morgan fingerprint density at radius 2 is 1.94 bits per heavy atom. The van der Waals surface area contributed by atoms with Crippen molar-refractivity contribution in [3.8, 4) is 0 Å². The molecule has 0 spiro atoms. The molecule has 1 saturated heterocycles. The van der Waals surface area contributed by atoms with Crippen molar-refractivity contribution < 1.29 is 19.7 Å². The molecular formula is C13H16O4. The Morgan fingerprint density at radius 1 is 1.29 bits per heavy atom. The van der Waals surface area contributed by atoms with Crippen LogP contribution in [0.1, 0.15) is 28.8 Å². The topological polar surface area (TPSA) is 66.8 Å². The number of aliphatic hydroxyl groups is 1. The molecule has 92 valence electrons. The molecule has 0 aliphatic carbocycles. The monoisotopic (exact) mass is 236 g/mol. The van der Waals surface area contributed by atoms with Crippen molar-refractivity contribution in [2.24, 2.45) is 0 Å². The maximum atomic E-state index is 11.2. The molecule has 1 aromatic rings. The van der Waals surface area contributed by atoms with Crippen molar-refractivity contribution in [2.75, 3.05) is 19.8 Å². The predicted molar refractivity (Wildman–Crippen MR) is 62.2 cm³/mol. The van der Waals surface area contributed by atoms with Crippen LogP contribution in [-0.4, -0.2) is 36.0 Å². The number of hydrogen-bond donors (Lipinski definition) is 2. The molecule has 0 aromatic heterocycles. The second-order valence-electron chi connectivity index (χ2n) is 4.40. The van der Waals surface area contributed by atoms with E-state index in [4.69, 9.17) is 4.74 Å². The average Bonchev–Trinajstić information content (AvgIpc) is 2.39. The Balaban J connectivity index is 2.46. The molecule has 1 fully saturated rings. The van der Waals surface area contributed by atoms with Gasteiger partial charge in [0.05, 0.1) is 12.2 Å². The minimum absolute atomic E-state index is 0.0410. The van der Waals surface area contributed by atoms with E-state index in [0.29, 0.717) is 26.1 Å². The standard InChI is InChI=1S/C13H16O4/c14-9-13(5-7-17-8-6-13)11-4-2-1-3-10(11)12(15)16/h1-4,14H,5-9H2,(H,15,16). The second kappa shape index (κ2) is 4.85. The van der Waals surface area contributed by atoms with E-state index in [1.54, 1.807) is 18.2 Å². The van der Waals surface area contributed by atoms with Crippen LogP contribution in [0.2, 0.25) is 0 Å². The van der Waals surface area contributed by atoms with E-state index in [0.717, 1.165) is 5.56 Å². The molecule has 1 heterocycles. The lowest BCUT2D eigenvalue weighted by Crippen LogP contribution is -2.38. The van der Waals surface area contributed by atoms with Gasteiger partial charge in [0.25, 0.3) is 0 Å². The number of benzene rings is 1. The number of ether oxygens (including phenoxy) is 1. The van der Waals surface area contributed by atoms with Gasteiger partial charge in [0, 0.05) is 18.6 Å². The zero-order chi connectivity index (χ0) is 12.3. The third-order valence-corrected chi connectivity index (χ3v) is 3.48. The Kier molecular flexibility index (Phi) is 3.45. The number of hydrogen-bond acceptors (Lipinski definition) is 3. The lowest BCUT2D eigenvalue weighted by atomic mass is 9.73. The molecule has 1 aliphatic heterocycles. The second-order valence-corrected chi connectivity index (χ2v) is 4.40. The van der Waals surface area contributed by atoms with Crippen LogP contribution in [0, 0.1) is 0 Å². The van der Waals surface area contributed by atoms with Crippen LogP contribution in [-0.2, 0) is 10.2 Å². The molecule has 0 amide bonds. The van der Waals surface area contributed by atoms with Gasteiger partial charge in [-0.2, -0.15) is 0 Å². The maximum Gasteiger partial charge on any atom is 0.335 e. The van der Waals surface area contributed by atoms with Gasteiger partial charge in [0.1, 0.15) is 0 Å². The Labute approximate surface area is 99.8 Å². The first-order valence-corrected chi connectivity index (χ1v) is 5.71. The van der Waals surface area contributed by atoms with Crippen molar-refractivity contribution in [1.82, 2.24) is 0 Å². The fourth-order valence-electron chi connectivity index (χ4n) is 2.41. The maximum absolute atomic E-state index is 11.2. The summed E-state index contributed by atoms with van der Waals surface area (Å²) >= 11 is 0. The summed E-state index contributed by atoms with van der Waals surface area (Å²) in [6, 6.07) is 6.90. The number of carboxylic acids is 1. The van der Waals surface area contributed by atoms with Crippen LogP contribution in [0.25, 0.3) is 0 Å². The smallest absolute Gasteiger partial charge is 0.335 e. The highest BCUT2D eigenvalue weighted by atomic mass is 16.5. The van der Waals surface area contributed by atoms with E-state index in [-0.39, 0.29) is 12.2 Å². The highest BCUT2D eigenvalue weighted by molar-refractivity contribution is 5.89. The van der Waals surface area contributed by atoms with Gasteiger partial charge in [0.2, 0.25) is 0 Å². The van der Waals surface area contributed by atoms with Crippen LogP contribution in [0.4, 0.5) is 0 Å². The Hall–Kier alpha value is -1.39. The highest BCUT2D eigenvalue weighted by Crippen LogP contribution is 2.36. The molecular weight excluding hydrogens is 220 g/mol. The van der Waals surface area contributed by atoms with Gasteiger partial charge in [-0.15, -0.1) is 0 Å². The summed E-state index contributed by atoms with van der Waals surface area (Å²) in [7, 11) is 0. The largest absolute Gasteiger partial charge is 0.478 e. The molecule has 0 radical (unpaired) electrons. The molecule has 1 aromatic carbocycles. The van der Waals surface area contributed by atoms with Crippen LogP contribution in [0.15, 0.2) is 24.3 Å². The first-order chi connectivity index (χ1) is 8.19. The van der Waals surface area contributed by atoms with Gasteiger partial charge in [-0.3, -0.25) is 0 Å². The number of aliphatic hydroxyl groups excluding tert-OH is 1. The average molecular weight is 236 g/mol. The van der Waals surface area contributed by atoms with Crippen LogP contribution >= 0.6 is 0 Å². The zero-order valence-electron chi connectivity index (χ0n) is 9.56. The highest BCUT2D eigenvalue weighted by Gasteiger charge is 2.36. The van der Waals surface area contributed by atoms with Crippen molar-refractivity contribution >= 4 is 5.97 Å². The normalized spacial score (nSPS) is 18.9. The summed E-state index contributed by atoms with van der Waals surface area (Å²) in [5.74, 6) is -0.945. The van der Waals surface area contributed by atoms with E-state index in [9.17, 15) is 15.0 Å². The minimum Gasteiger partial charge on any atom is -0.478 e. The number of rotatable bonds is 3. The number of aromatic carboxylic acids is 1. The van der Waals surface area contributed by atoms with Crippen molar-refractivity contribution in [3.63, 3.8) is 0 Å². The first-order valence-electron chi connectivity index (χ1n) is 5.71. The van der Waals surface area contributed by atoms with Crippen molar-refractivity contribution in [1.29, 1.82) is 0 Å². The summed E-state index contributed by atoms with van der Waals surface area (Å²) < 4.78 is 5.29. The van der Waals surface area contributed by atoms with Crippen LogP contribution in [0.3, 0.4) is 0 Å². The first kappa shape index (κ1) is 12.1. The Morgan fingerprint density at radius 3 is 2.53 bits per heavy atom. The molecule has 4 nitrogen and oxygen atoms in total. The summed E-state index contributed by atoms with van der Waals surface area (Å²) in [5, 5.41) is 18.8. The summed E-state index contributed by atoms with van der Waals surface area (Å²) in [6.07, 6.45) is 1.32. The van der Waals surface area contributed by atoms with E-state index in [1.807, 2.05) is 6.07 Å². The molecule has 2 rings (SSSR count). The van der Waals surface area contributed by atoms with Gasteiger partial charge in [-0.25, -0.2) is 4.79 Å². The number of carboxylic acid groups (broad SMARTS) is 1. The quantitative estimate of drug-likeness (QED) is 0.833. The Bertz CT molecular complexity index is 408. The molecule has 1 aliphatic rings. The fraction of sp³-hybridized carbons (Fsp3) is 0.462. The van der Waals surface area contributed by atoms with E-state index in [2.05, 4.69) is 0 Å². The van der Waals surface area contributed by atoms with Gasteiger partial charge < -0.3 is 14.9 Å². The summed E-state index contributed by atoms with van der Waals surface area (Å²) in [4.78, 5) is 11.2. The molecule has 4 heteroatoms. The van der Waals surface area contributed by atoms with Gasteiger partial charge in [0.15, 0.2) is 0 Å². The summed E-state index contributed by atoms with van der Waals surface area (Å²) in [5.41, 5.74) is 0.537. The van der Waals surface area contributed by atoms with Gasteiger partial charge in [-0.1, -0.05) is 18.2 Å². The molecule has 0 unspecified atom stereocenters. The molecule has 0 saturated carbocycles. The van der Waals surface area contributed by atoms with Gasteiger partial charge in [-0.05, 0) is 24.5 Å². The minimum atomic E-state index is -0.945. The predicted octanol–water partition coefficient (Wildman–Crippen LogP) is 1.43. The van der Waals surface area contributed by atoms with Crippen LogP contribution < -0.4 is 0 Å². The van der Waals surface area contributed by atoms with E-state index in [1.165, 1.54) is 0 Å². The van der Waals surface area contributed by atoms with Crippen LogP contribution in [0.5, 0.6) is 0 Å². The number of carbonyl (C=O) groups is 1. The zero-order valence-corrected chi connectivity index (χ0v) is 9.56. The SMILES string of the molecule is O=C(O)c1ccccc1C1(CO)CCOCC1. The summed E-state index contributed by atoms with van der Waals surface area (Å²) in [6.45, 7) is 1.09.